The number of hydrogen-bond acceptors (Lipinski definition) is 6. The highest BCUT2D eigenvalue weighted by atomic mass is 35.5. The Morgan fingerprint density at radius 2 is 1.84 bits per heavy atom. The Bertz CT molecular complexity index is 1790. The zero-order chi connectivity index (χ0) is 25.5. The van der Waals surface area contributed by atoms with Crippen LogP contribution in [0.1, 0.15) is 11.1 Å². The number of thiazole rings is 1. The second kappa shape index (κ2) is 9.42. The van der Waals surface area contributed by atoms with E-state index in [9.17, 15) is 4.79 Å². The van der Waals surface area contributed by atoms with E-state index in [4.69, 9.17) is 21.3 Å². The predicted molar refractivity (Wildman–Crippen MR) is 149 cm³/mol. The Balaban J connectivity index is 1.50. The molecule has 6 nitrogen and oxygen atoms in total. The highest BCUT2D eigenvalue weighted by Crippen LogP contribution is 2.41. The van der Waals surface area contributed by atoms with Crippen LogP contribution in [0.4, 0.5) is 0 Å². The maximum atomic E-state index is 12.3. The van der Waals surface area contributed by atoms with Gasteiger partial charge in [0.05, 0.1) is 41.2 Å². The third-order valence-electron chi connectivity index (χ3n) is 6.44. The molecule has 0 bridgehead atoms. The largest absolute Gasteiger partial charge is 0.469 e. The van der Waals surface area contributed by atoms with Crippen LogP contribution >= 0.6 is 22.9 Å². The summed E-state index contributed by atoms with van der Waals surface area (Å²) in [6, 6.07) is 19.9. The number of pyridine rings is 1. The minimum absolute atomic E-state index is 0.180. The summed E-state index contributed by atoms with van der Waals surface area (Å²) in [4.78, 5) is 21.9. The van der Waals surface area contributed by atoms with Gasteiger partial charge < -0.3 is 4.74 Å². The van der Waals surface area contributed by atoms with E-state index in [0.29, 0.717) is 5.02 Å². The van der Waals surface area contributed by atoms with Crippen molar-refractivity contribution in [3.05, 3.63) is 89.2 Å². The molecule has 37 heavy (non-hydrogen) atoms. The third-order valence-corrected chi connectivity index (χ3v) is 7.83. The number of rotatable bonds is 5. The van der Waals surface area contributed by atoms with Crippen molar-refractivity contribution in [1.29, 1.82) is 0 Å². The first-order valence-corrected chi connectivity index (χ1v) is 12.9. The number of methoxy groups -OCH3 is 1. The number of ether oxygens (including phenoxy) is 1. The van der Waals surface area contributed by atoms with Crippen LogP contribution in [0.15, 0.2) is 73.1 Å². The highest BCUT2D eigenvalue weighted by Gasteiger charge is 2.20. The first kappa shape index (κ1) is 23.3. The molecule has 6 rings (SSSR count). The number of aromatic nitrogens is 4. The number of aromatic amines is 1. The van der Waals surface area contributed by atoms with Gasteiger partial charge in [0.2, 0.25) is 0 Å². The normalized spacial score (nSPS) is 11.3. The summed E-state index contributed by atoms with van der Waals surface area (Å²) in [5.41, 5.74) is 8.61. The Labute approximate surface area is 221 Å². The molecule has 3 aromatic carbocycles. The van der Waals surface area contributed by atoms with Crippen molar-refractivity contribution in [2.24, 2.45) is 0 Å². The van der Waals surface area contributed by atoms with Crippen molar-refractivity contribution in [1.82, 2.24) is 20.2 Å². The molecule has 0 saturated carbocycles. The van der Waals surface area contributed by atoms with E-state index in [-0.39, 0.29) is 12.4 Å². The SMILES string of the molecule is COC(=O)Cc1c(C)cc2nc(-c3ccnc(-c4ccc5[nH]ncc5c4)c3)sc2c1-c1ccc(Cl)cc1. The Morgan fingerprint density at radius 1 is 1.03 bits per heavy atom. The number of H-pyrrole nitrogens is 1. The van der Waals surface area contributed by atoms with Gasteiger partial charge in [-0.15, -0.1) is 11.3 Å². The first-order chi connectivity index (χ1) is 18.0. The molecule has 1 N–H and O–H groups in total. The molecule has 3 aromatic heterocycles. The monoisotopic (exact) mass is 524 g/mol. The highest BCUT2D eigenvalue weighted by molar-refractivity contribution is 7.22. The first-order valence-electron chi connectivity index (χ1n) is 11.7. The lowest BCUT2D eigenvalue weighted by molar-refractivity contribution is -0.139. The summed E-state index contributed by atoms with van der Waals surface area (Å²) in [5.74, 6) is -0.282. The topological polar surface area (TPSA) is 80.8 Å². The fourth-order valence-corrected chi connectivity index (χ4v) is 5.81. The molecule has 0 fully saturated rings. The second-order valence-corrected chi connectivity index (χ2v) is 10.2. The van der Waals surface area contributed by atoms with E-state index < -0.39 is 0 Å². The summed E-state index contributed by atoms with van der Waals surface area (Å²) in [5, 5.41) is 9.67. The Hall–Kier alpha value is -4.07. The number of hydrogen-bond donors (Lipinski definition) is 1. The summed E-state index contributed by atoms with van der Waals surface area (Å²) >= 11 is 7.78. The van der Waals surface area contributed by atoms with E-state index in [0.717, 1.165) is 65.2 Å². The van der Waals surface area contributed by atoms with Crippen molar-refractivity contribution in [3.8, 4) is 33.0 Å². The maximum absolute atomic E-state index is 12.3. The minimum atomic E-state index is -0.282. The lowest BCUT2D eigenvalue weighted by Gasteiger charge is -2.13. The molecule has 3 heterocycles. The van der Waals surface area contributed by atoms with Crippen LogP contribution in [-0.2, 0) is 16.0 Å². The van der Waals surface area contributed by atoms with Gasteiger partial charge in [0, 0.05) is 33.3 Å². The van der Waals surface area contributed by atoms with Gasteiger partial charge in [-0.2, -0.15) is 5.10 Å². The molecule has 0 amide bonds. The number of esters is 1. The number of aryl methyl sites for hydroxylation is 1. The van der Waals surface area contributed by atoms with Crippen LogP contribution in [0.2, 0.25) is 5.02 Å². The van der Waals surface area contributed by atoms with E-state index in [1.807, 2.05) is 67.8 Å². The van der Waals surface area contributed by atoms with Gasteiger partial charge in [-0.3, -0.25) is 14.9 Å². The quantitative estimate of drug-likeness (QED) is 0.240. The molecule has 0 aliphatic carbocycles. The smallest absolute Gasteiger partial charge is 0.310 e. The molecule has 8 heteroatoms. The van der Waals surface area contributed by atoms with E-state index in [1.165, 1.54) is 7.11 Å². The fraction of sp³-hybridized carbons (Fsp3) is 0.103. The number of halogens is 1. The average molecular weight is 525 g/mol. The number of nitrogens with zero attached hydrogens (tertiary/aromatic N) is 3. The molecule has 0 aliphatic heterocycles. The van der Waals surface area contributed by atoms with Crippen molar-refractivity contribution in [2.75, 3.05) is 7.11 Å². The molecule has 0 atom stereocenters. The number of carbonyl (C=O) groups is 1. The van der Waals surface area contributed by atoms with Gasteiger partial charge in [-0.1, -0.05) is 29.8 Å². The Kier molecular flexibility index (Phi) is 5.94. The lowest BCUT2D eigenvalue weighted by Crippen LogP contribution is -2.07. The number of carbonyl (C=O) groups excluding carboxylic acids is 1. The van der Waals surface area contributed by atoms with Gasteiger partial charge in [-0.25, -0.2) is 4.98 Å². The van der Waals surface area contributed by atoms with Crippen molar-refractivity contribution < 1.29 is 9.53 Å². The Morgan fingerprint density at radius 3 is 2.65 bits per heavy atom. The van der Waals surface area contributed by atoms with Gasteiger partial charge in [0.15, 0.2) is 0 Å². The van der Waals surface area contributed by atoms with Crippen LogP contribution in [0.3, 0.4) is 0 Å². The molecule has 6 aromatic rings. The van der Waals surface area contributed by atoms with Crippen LogP contribution < -0.4 is 0 Å². The van der Waals surface area contributed by atoms with Crippen LogP contribution in [0, 0.1) is 6.92 Å². The van der Waals surface area contributed by atoms with Gasteiger partial charge in [0.25, 0.3) is 0 Å². The standard InChI is InChI=1S/C29H21ClN4O2S/c1-16-11-25-28(27(22(16)14-26(35)36-2)17-3-6-21(30)7-4-17)37-29(33-25)19-9-10-31-24(13-19)18-5-8-23-20(12-18)15-32-34-23/h3-13,15H,14H2,1-2H3,(H,32,34). The summed E-state index contributed by atoms with van der Waals surface area (Å²) < 4.78 is 6.01. The molecular weight excluding hydrogens is 504 g/mol. The zero-order valence-electron chi connectivity index (χ0n) is 20.1. The predicted octanol–water partition coefficient (Wildman–Crippen LogP) is 7.25. The van der Waals surface area contributed by atoms with Crippen molar-refractivity contribution in [2.45, 2.75) is 13.3 Å². The van der Waals surface area contributed by atoms with Crippen LogP contribution in [0.5, 0.6) is 0 Å². The molecule has 182 valence electrons. The van der Waals surface area contributed by atoms with Crippen molar-refractivity contribution in [3.63, 3.8) is 0 Å². The molecule has 0 spiro atoms. The minimum Gasteiger partial charge on any atom is -0.469 e. The molecule has 0 aliphatic rings. The van der Waals surface area contributed by atoms with E-state index >= 15 is 0 Å². The third kappa shape index (κ3) is 4.37. The summed E-state index contributed by atoms with van der Waals surface area (Å²) in [6.45, 7) is 2.01. The van der Waals surface area contributed by atoms with E-state index in [2.05, 4.69) is 27.3 Å². The zero-order valence-corrected chi connectivity index (χ0v) is 21.7. The number of benzene rings is 3. The summed E-state index contributed by atoms with van der Waals surface area (Å²) in [6.07, 6.45) is 3.80. The maximum Gasteiger partial charge on any atom is 0.310 e. The van der Waals surface area contributed by atoms with Crippen LogP contribution in [-0.4, -0.2) is 33.2 Å². The average Bonchev–Trinajstić information content (AvgIpc) is 3.56. The summed E-state index contributed by atoms with van der Waals surface area (Å²) in [7, 11) is 1.41. The fourth-order valence-electron chi connectivity index (χ4n) is 4.55. The van der Waals surface area contributed by atoms with Gasteiger partial charge >= 0.3 is 5.97 Å². The van der Waals surface area contributed by atoms with Gasteiger partial charge in [0.1, 0.15) is 5.01 Å². The molecule has 0 saturated heterocycles. The van der Waals surface area contributed by atoms with Crippen molar-refractivity contribution >= 4 is 50.0 Å². The number of nitrogens with one attached hydrogen (secondary N) is 1. The molecular formula is C29H21ClN4O2S. The lowest BCUT2D eigenvalue weighted by atomic mass is 9.93. The molecule has 0 radical (unpaired) electrons. The van der Waals surface area contributed by atoms with E-state index in [1.54, 1.807) is 11.3 Å². The second-order valence-electron chi connectivity index (χ2n) is 8.78. The van der Waals surface area contributed by atoms with Crippen LogP contribution in [0.25, 0.3) is 54.1 Å². The van der Waals surface area contributed by atoms with Gasteiger partial charge in [-0.05, 0) is 66.1 Å². The molecule has 0 unspecified atom stereocenters. The number of fused-ring (bicyclic) bond motifs is 2.